The maximum absolute atomic E-state index is 11.1. The number of hydrogen-bond acceptors (Lipinski definition) is 3. The fourth-order valence-electron chi connectivity index (χ4n) is 1.83. The van der Waals surface area contributed by atoms with Gasteiger partial charge < -0.3 is 10.1 Å². The lowest BCUT2D eigenvalue weighted by molar-refractivity contribution is -0.117. The molecule has 5 nitrogen and oxygen atoms in total. The normalized spacial score (nSPS) is 16.5. The molecule has 6 heteroatoms. The predicted octanol–water partition coefficient (Wildman–Crippen LogP) is 1.40. The van der Waals surface area contributed by atoms with Gasteiger partial charge in [0.15, 0.2) is 0 Å². The van der Waals surface area contributed by atoms with Crippen molar-refractivity contribution in [3.05, 3.63) is 0 Å². The summed E-state index contributed by atoms with van der Waals surface area (Å²) in [5, 5.41) is 4.62. The Morgan fingerprint density at radius 3 is 2.59 bits per heavy atom. The first-order chi connectivity index (χ1) is 8.22. The van der Waals surface area contributed by atoms with Crippen LogP contribution in [0.3, 0.4) is 0 Å². The molecular weight excluding hydrogens is 244 g/mol. The highest BCUT2D eigenvalue weighted by Crippen LogP contribution is 2.19. The van der Waals surface area contributed by atoms with E-state index in [9.17, 15) is 9.59 Å². The van der Waals surface area contributed by atoms with E-state index in [1.807, 2.05) is 0 Å². The lowest BCUT2D eigenvalue weighted by Gasteiger charge is -2.21. The molecule has 1 fully saturated rings. The molecule has 0 spiro atoms. The Hall–Kier alpha value is -0.810. The molecule has 17 heavy (non-hydrogen) atoms. The van der Waals surface area contributed by atoms with Crippen LogP contribution in [-0.2, 0) is 9.53 Å². The standard InChI is InChI=1S/C11H19ClN2O3/c12-8-10(15)14-11(16)13-6-7-17-9-4-2-1-3-5-9/h9H,1-8H2,(H2,13,14,15,16). The summed E-state index contributed by atoms with van der Waals surface area (Å²) in [5.74, 6) is -0.719. The fraction of sp³-hybridized carbons (Fsp3) is 0.818. The van der Waals surface area contributed by atoms with Crippen LogP contribution in [0.4, 0.5) is 4.79 Å². The van der Waals surface area contributed by atoms with E-state index in [0.29, 0.717) is 19.3 Å². The Morgan fingerprint density at radius 2 is 1.94 bits per heavy atom. The third-order valence-electron chi connectivity index (χ3n) is 2.67. The lowest BCUT2D eigenvalue weighted by Crippen LogP contribution is -2.41. The zero-order chi connectivity index (χ0) is 12.5. The Morgan fingerprint density at radius 1 is 1.24 bits per heavy atom. The molecule has 0 aromatic rings. The van der Waals surface area contributed by atoms with Gasteiger partial charge in [-0.1, -0.05) is 19.3 Å². The minimum atomic E-state index is -0.525. The number of hydrogen-bond donors (Lipinski definition) is 2. The van der Waals surface area contributed by atoms with Gasteiger partial charge in [-0.05, 0) is 12.8 Å². The van der Waals surface area contributed by atoms with Crippen molar-refractivity contribution in [3.63, 3.8) is 0 Å². The van der Waals surface area contributed by atoms with Crippen LogP contribution in [0.15, 0.2) is 0 Å². The van der Waals surface area contributed by atoms with Crippen molar-refractivity contribution in [1.29, 1.82) is 0 Å². The SMILES string of the molecule is O=C(CCl)NC(=O)NCCOC1CCCCC1. The molecule has 0 heterocycles. The minimum Gasteiger partial charge on any atom is -0.376 e. The lowest BCUT2D eigenvalue weighted by atomic mass is 9.98. The first-order valence-electron chi connectivity index (χ1n) is 5.97. The minimum absolute atomic E-state index is 0.216. The van der Waals surface area contributed by atoms with Crippen molar-refractivity contribution in [3.8, 4) is 0 Å². The average Bonchev–Trinajstić information content (AvgIpc) is 2.36. The summed E-state index contributed by atoms with van der Waals surface area (Å²) >= 11 is 5.24. The van der Waals surface area contributed by atoms with Crippen LogP contribution >= 0.6 is 11.6 Å². The molecule has 0 saturated heterocycles. The Kier molecular flexibility index (Phi) is 6.96. The van der Waals surface area contributed by atoms with Gasteiger partial charge in [0.25, 0.3) is 0 Å². The van der Waals surface area contributed by atoms with Gasteiger partial charge in [0, 0.05) is 6.54 Å². The Bertz CT molecular complexity index is 255. The van der Waals surface area contributed by atoms with Crippen LogP contribution in [0.2, 0.25) is 0 Å². The number of amides is 3. The van der Waals surface area contributed by atoms with Crippen LogP contribution in [0.5, 0.6) is 0 Å². The first kappa shape index (κ1) is 14.3. The molecule has 2 N–H and O–H groups in total. The molecule has 0 aliphatic heterocycles. The van der Waals surface area contributed by atoms with Crippen molar-refractivity contribution >= 4 is 23.5 Å². The van der Waals surface area contributed by atoms with E-state index in [1.165, 1.54) is 19.3 Å². The Balaban J connectivity index is 1.99. The summed E-state index contributed by atoms with van der Waals surface area (Å²) in [6.07, 6.45) is 6.29. The number of imide groups is 1. The highest BCUT2D eigenvalue weighted by atomic mass is 35.5. The smallest absolute Gasteiger partial charge is 0.321 e. The van der Waals surface area contributed by atoms with Crippen molar-refractivity contribution < 1.29 is 14.3 Å². The maximum atomic E-state index is 11.1. The van der Waals surface area contributed by atoms with E-state index in [2.05, 4.69) is 10.6 Å². The first-order valence-corrected chi connectivity index (χ1v) is 6.51. The number of carbonyl (C=O) groups is 2. The van der Waals surface area contributed by atoms with Crippen molar-refractivity contribution in [1.82, 2.24) is 10.6 Å². The zero-order valence-electron chi connectivity index (χ0n) is 9.84. The molecule has 0 bridgehead atoms. The van der Waals surface area contributed by atoms with Gasteiger partial charge >= 0.3 is 6.03 Å². The largest absolute Gasteiger partial charge is 0.376 e. The molecule has 1 saturated carbocycles. The van der Waals surface area contributed by atoms with Crippen LogP contribution in [-0.4, -0.2) is 37.1 Å². The Labute approximate surface area is 106 Å². The number of halogens is 1. The summed E-state index contributed by atoms with van der Waals surface area (Å²) in [6, 6.07) is -0.525. The number of urea groups is 1. The van der Waals surface area contributed by atoms with Gasteiger partial charge in [0.05, 0.1) is 12.7 Å². The van der Waals surface area contributed by atoms with Crippen LogP contribution in [0.1, 0.15) is 32.1 Å². The van der Waals surface area contributed by atoms with E-state index in [-0.39, 0.29) is 5.88 Å². The van der Waals surface area contributed by atoms with Gasteiger partial charge in [-0.3, -0.25) is 10.1 Å². The summed E-state index contributed by atoms with van der Waals surface area (Å²) in [5.41, 5.74) is 0. The van der Waals surface area contributed by atoms with Crippen molar-refractivity contribution in [2.45, 2.75) is 38.2 Å². The van der Waals surface area contributed by atoms with E-state index < -0.39 is 11.9 Å². The van der Waals surface area contributed by atoms with Crippen molar-refractivity contribution in [2.24, 2.45) is 0 Å². The molecule has 98 valence electrons. The molecule has 0 atom stereocenters. The predicted molar refractivity (Wildman–Crippen MR) is 65.1 cm³/mol. The monoisotopic (exact) mass is 262 g/mol. The number of alkyl halides is 1. The third-order valence-corrected chi connectivity index (χ3v) is 2.91. The molecular formula is C11H19ClN2O3. The summed E-state index contributed by atoms with van der Waals surface area (Å²) in [6.45, 7) is 0.880. The quantitative estimate of drug-likeness (QED) is 0.581. The molecule has 1 aliphatic rings. The molecule has 0 aromatic carbocycles. The van der Waals surface area contributed by atoms with Crippen molar-refractivity contribution in [2.75, 3.05) is 19.0 Å². The summed E-state index contributed by atoms with van der Waals surface area (Å²) < 4.78 is 5.61. The van der Waals surface area contributed by atoms with Crippen LogP contribution < -0.4 is 10.6 Å². The van der Waals surface area contributed by atoms with Gasteiger partial charge in [-0.15, -0.1) is 11.6 Å². The fourth-order valence-corrected chi connectivity index (χ4v) is 1.89. The summed E-state index contributed by atoms with van der Waals surface area (Å²) in [7, 11) is 0. The second kappa shape index (κ2) is 8.31. The zero-order valence-corrected chi connectivity index (χ0v) is 10.6. The van der Waals surface area contributed by atoms with Crippen LogP contribution in [0.25, 0.3) is 0 Å². The molecule has 1 rings (SSSR count). The highest BCUT2D eigenvalue weighted by Gasteiger charge is 2.13. The van der Waals surface area contributed by atoms with E-state index in [0.717, 1.165) is 12.8 Å². The van der Waals surface area contributed by atoms with Gasteiger partial charge in [0.1, 0.15) is 5.88 Å². The van der Waals surface area contributed by atoms with Gasteiger partial charge in [-0.2, -0.15) is 0 Å². The average molecular weight is 263 g/mol. The topological polar surface area (TPSA) is 67.4 Å². The molecule has 0 radical (unpaired) electrons. The van der Waals surface area contributed by atoms with E-state index >= 15 is 0 Å². The molecule has 3 amide bonds. The number of carbonyl (C=O) groups excluding carboxylic acids is 2. The van der Waals surface area contributed by atoms with E-state index in [1.54, 1.807) is 0 Å². The number of nitrogens with one attached hydrogen (secondary N) is 2. The molecule has 0 aromatic heterocycles. The number of rotatable bonds is 5. The van der Waals surface area contributed by atoms with Gasteiger partial charge in [0.2, 0.25) is 5.91 Å². The van der Waals surface area contributed by atoms with Gasteiger partial charge in [-0.25, -0.2) is 4.79 Å². The number of ether oxygens (including phenoxy) is 1. The highest BCUT2D eigenvalue weighted by molar-refractivity contribution is 6.28. The maximum Gasteiger partial charge on any atom is 0.321 e. The van der Waals surface area contributed by atoms with E-state index in [4.69, 9.17) is 16.3 Å². The molecule has 0 unspecified atom stereocenters. The second-order valence-corrected chi connectivity index (χ2v) is 4.34. The second-order valence-electron chi connectivity index (χ2n) is 4.07. The molecule has 1 aliphatic carbocycles. The summed E-state index contributed by atoms with van der Waals surface area (Å²) in [4.78, 5) is 21.9. The third kappa shape index (κ3) is 6.48. The van der Waals surface area contributed by atoms with Crippen LogP contribution in [0, 0.1) is 0 Å².